The minimum Gasteiger partial charge on any atom is -0.333 e. The summed E-state index contributed by atoms with van der Waals surface area (Å²) in [6.07, 6.45) is -1.36. The SMILES string of the molecule is FCN1C=NC(C(F)F)C1. The Balaban J connectivity index is 2.37. The molecular weight excluding hydrogens is 145 g/mol. The second-order valence-corrected chi connectivity index (χ2v) is 2.06. The normalized spacial score (nSPS) is 24.8. The molecule has 0 bridgehead atoms. The molecule has 0 N–H and O–H groups in total. The van der Waals surface area contributed by atoms with Crippen LogP contribution in [0.3, 0.4) is 0 Å². The topological polar surface area (TPSA) is 15.6 Å². The van der Waals surface area contributed by atoms with E-state index >= 15 is 0 Å². The van der Waals surface area contributed by atoms with Crippen LogP contribution in [0.1, 0.15) is 0 Å². The van der Waals surface area contributed by atoms with E-state index in [0.29, 0.717) is 0 Å². The third-order valence-electron chi connectivity index (χ3n) is 1.29. The lowest BCUT2D eigenvalue weighted by atomic mass is 10.3. The lowest BCUT2D eigenvalue weighted by Crippen LogP contribution is -2.26. The highest BCUT2D eigenvalue weighted by molar-refractivity contribution is 5.57. The van der Waals surface area contributed by atoms with Crippen LogP contribution in [0.4, 0.5) is 13.2 Å². The summed E-state index contributed by atoms with van der Waals surface area (Å²) in [5.41, 5.74) is 0. The van der Waals surface area contributed by atoms with Gasteiger partial charge in [-0.15, -0.1) is 0 Å². The van der Waals surface area contributed by atoms with Crippen molar-refractivity contribution in [1.82, 2.24) is 4.90 Å². The van der Waals surface area contributed by atoms with Crippen molar-refractivity contribution in [3.8, 4) is 0 Å². The first-order valence-electron chi connectivity index (χ1n) is 2.85. The van der Waals surface area contributed by atoms with Gasteiger partial charge in [0, 0.05) is 6.54 Å². The van der Waals surface area contributed by atoms with Gasteiger partial charge in [-0.25, -0.2) is 13.2 Å². The summed E-state index contributed by atoms with van der Waals surface area (Å²) < 4.78 is 35.3. The molecule has 1 aliphatic heterocycles. The van der Waals surface area contributed by atoms with Crippen molar-refractivity contribution in [2.75, 3.05) is 13.3 Å². The first-order valence-corrected chi connectivity index (χ1v) is 2.85. The number of aliphatic imine (C=N–C) groups is 1. The van der Waals surface area contributed by atoms with Crippen LogP contribution in [0, 0.1) is 0 Å². The first-order chi connectivity index (χ1) is 4.74. The van der Waals surface area contributed by atoms with Crippen molar-refractivity contribution in [2.24, 2.45) is 4.99 Å². The van der Waals surface area contributed by atoms with Gasteiger partial charge >= 0.3 is 0 Å². The van der Waals surface area contributed by atoms with Crippen molar-refractivity contribution in [2.45, 2.75) is 12.5 Å². The third kappa shape index (κ3) is 1.40. The Morgan fingerprint density at radius 1 is 1.70 bits per heavy atom. The van der Waals surface area contributed by atoms with Crippen molar-refractivity contribution in [3.05, 3.63) is 0 Å². The summed E-state index contributed by atoms with van der Waals surface area (Å²) in [5.74, 6) is 0. The van der Waals surface area contributed by atoms with Crippen LogP contribution in [0.25, 0.3) is 0 Å². The molecule has 0 radical (unpaired) electrons. The zero-order valence-electron chi connectivity index (χ0n) is 5.17. The van der Waals surface area contributed by atoms with Gasteiger partial charge in [-0.2, -0.15) is 0 Å². The highest BCUT2D eigenvalue weighted by atomic mass is 19.3. The monoisotopic (exact) mass is 152 g/mol. The zero-order chi connectivity index (χ0) is 7.56. The van der Waals surface area contributed by atoms with Crippen LogP contribution in [-0.2, 0) is 0 Å². The zero-order valence-corrected chi connectivity index (χ0v) is 5.17. The molecule has 0 aliphatic carbocycles. The van der Waals surface area contributed by atoms with Gasteiger partial charge < -0.3 is 4.90 Å². The molecule has 0 aromatic rings. The van der Waals surface area contributed by atoms with E-state index in [1.54, 1.807) is 0 Å². The Hall–Kier alpha value is -0.740. The Labute approximate surface area is 56.3 Å². The van der Waals surface area contributed by atoms with Gasteiger partial charge in [0.2, 0.25) is 0 Å². The van der Waals surface area contributed by atoms with Crippen LogP contribution in [0.5, 0.6) is 0 Å². The van der Waals surface area contributed by atoms with Crippen LogP contribution >= 0.6 is 0 Å². The van der Waals surface area contributed by atoms with E-state index in [0.717, 1.165) is 11.2 Å². The largest absolute Gasteiger partial charge is 0.333 e. The third-order valence-corrected chi connectivity index (χ3v) is 1.29. The quantitative estimate of drug-likeness (QED) is 0.536. The smallest absolute Gasteiger partial charge is 0.262 e. The van der Waals surface area contributed by atoms with Crippen molar-refractivity contribution in [1.29, 1.82) is 0 Å². The van der Waals surface area contributed by atoms with E-state index < -0.39 is 19.3 Å². The van der Waals surface area contributed by atoms with E-state index in [-0.39, 0.29) is 6.54 Å². The van der Waals surface area contributed by atoms with Gasteiger partial charge in [0.05, 0.1) is 6.34 Å². The number of hydrogen-bond donors (Lipinski definition) is 0. The van der Waals surface area contributed by atoms with E-state index in [4.69, 9.17) is 0 Å². The predicted octanol–water partition coefficient (Wildman–Crippen LogP) is 0.891. The van der Waals surface area contributed by atoms with E-state index in [9.17, 15) is 13.2 Å². The molecule has 0 saturated carbocycles. The minimum atomic E-state index is -2.48. The average Bonchev–Trinajstić information content (AvgIpc) is 2.34. The molecule has 1 aliphatic rings. The van der Waals surface area contributed by atoms with Crippen LogP contribution in [0.15, 0.2) is 4.99 Å². The molecule has 1 atom stereocenters. The molecule has 0 aromatic heterocycles. The van der Waals surface area contributed by atoms with Gasteiger partial charge in [-0.05, 0) is 0 Å². The van der Waals surface area contributed by atoms with E-state index in [2.05, 4.69) is 4.99 Å². The highest BCUT2D eigenvalue weighted by Crippen LogP contribution is 2.11. The Kier molecular flexibility index (Phi) is 2.13. The summed E-state index contributed by atoms with van der Waals surface area (Å²) in [7, 11) is 0. The second-order valence-electron chi connectivity index (χ2n) is 2.06. The summed E-state index contributed by atoms with van der Waals surface area (Å²) in [5, 5.41) is 0. The molecule has 5 heteroatoms. The predicted molar refractivity (Wildman–Crippen MR) is 31.0 cm³/mol. The lowest BCUT2D eigenvalue weighted by molar-refractivity contribution is 0.110. The summed E-state index contributed by atoms with van der Waals surface area (Å²) in [4.78, 5) is 4.51. The van der Waals surface area contributed by atoms with Crippen molar-refractivity contribution >= 4 is 6.34 Å². The van der Waals surface area contributed by atoms with E-state index in [1.807, 2.05) is 0 Å². The first kappa shape index (κ1) is 7.37. The maximum Gasteiger partial charge on any atom is 0.262 e. The molecule has 0 amide bonds. The molecule has 0 aromatic carbocycles. The van der Waals surface area contributed by atoms with Crippen molar-refractivity contribution in [3.63, 3.8) is 0 Å². The van der Waals surface area contributed by atoms with Crippen LogP contribution in [0.2, 0.25) is 0 Å². The van der Waals surface area contributed by atoms with Gasteiger partial charge in [0.15, 0.2) is 6.80 Å². The maximum atomic E-state index is 11.8. The average molecular weight is 152 g/mol. The lowest BCUT2D eigenvalue weighted by Gasteiger charge is -2.09. The fourth-order valence-corrected chi connectivity index (χ4v) is 0.739. The van der Waals surface area contributed by atoms with Gasteiger partial charge in [0.1, 0.15) is 6.04 Å². The number of nitrogens with zero attached hydrogens (tertiary/aromatic N) is 2. The van der Waals surface area contributed by atoms with Crippen LogP contribution < -0.4 is 0 Å². The van der Waals surface area contributed by atoms with E-state index in [1.165, 1.54) is 0 Å². The Morgan fingerprint density at radius 2 is 2.40 bits per heavy atom. The summed E-state index contributed by atoms with van der Waals surface area (Å²) >= 11 is 0. The summed E-state index contributed by atoms with van der Waals surface area (Å²) in [6, 6.07) is -1.03. The number of hydrogen-bond acceptors (Lipinski definition) is 2. The summed E-state index contributed by atoms with van der Waals surface area (Å²) in [6.45, 7) is -0.749. The molecule has 1 heterocycles. The molecule has 0 spiro atoms. The molecule has 2 nitrogen and oxygen atoms in total. The molecule has 1 rings (SSSR count). The Morgan fingerprint density at radius 3 is 2.70 bits per heavy atom. The van der Waals surface area contributed by atoms with Crippen LogP contribution in [-0.4, -0.2) is 37.0 Å². The standard InChI is InChI=1S/C5H7F3N2/c6-2-10-1-4(5(7)8)9-3-10/h3-5H,1-2H2. The fraction of sp³-hybridized carbons (Fsp3) is 0.800. The molecule has 58 valence electrons. The van der Waals surface area contributed by atoms with Gasteiger partial charge in [0.25, 0.3) is 6.43 Å². The fourth-order valence-electron chi connectivity index (χ4n) is 0.739. The molecule has 1 unspecified atom stereocenters. The second kappa shape index (κ2) is 2.90. The minimum absolute atomic E-state index is 0.00579. The number of rotatable bonds is 2. The molecule has 10 heavy (non-hydrogen) atoms. The Bertz CT molecular complexity index is 137. The van der Waals surface area contributed by atoms with Crippen molar-refractivity contribution < 1.29 is 13.2 Å². The van der Waals surface area contributed by atoms with Gasteiger partial charge in [-0.1, -0.05) is 0 Å². The molecule has 0 fully saturated rings. The highest BCUT2D eigenvalue weighted by Gasteiger charge is 2.25. The number of alkyl halides is 3. The van der Waals surface area contributed by atoms with Gasteiger partial charge in [-0.3, -0.25) is 4.99 Å². The number of halogens is 3. The molecular formula is C5H7F3N2. The molecule has 0 saturated heterocycles. The maximum absolute atomic E-state index is 11.8.